The van der Waals surface area contributed by atoms with Crippen molar-refractivity contribution in [1.29, 1.82) is 0 Å². The molecule has 0 aromatic carbocycles. The monoisotopic (exact) mass is 271 g/mol. The minimum Gasteiger partial charge on any atom is -0.372 e. The van der Waals surface area contributed by atoms with Crippen molar-refractivity contribution >= 4 is 40.7 Å². The van der Waals surface area contributed by atoms with E-state index in [0.717, 1.165) is 0 Å². The molecule has 2 aromatic rings. The fourth-order valence-corrected chi connectivity index (χ4v) is 1.83. The molecule has 17 heavy (non-hydrogen) atoms. The fraction of sp³-hybridized carbons (Fsp3) is 0.200. The van der Waals surface area contributed by atoms with E-state index in [0.29, 0.717) is 27.5 Å². The van der Waals surface area contributed by atoms with Crippen molar-refractivity contribution in [3.63, 3.8) is 0 Å². The van der Waals surface area contributed by atoms with Crippen molar-refractivity contribution in [2.45, 2.75) is 0 Å². The Morgan fingerprint density at radius 2 is 1.94 bits per heavy atom. The number of hydrogen-bond donors (Lipinski definition) is 2. The highest BCUT2D eigenvalue weighted by molar-refractivity contribution is 6.37. The van der Waals surface area contributed by atoms with Crippen LogP contribution in [0.2, 0.25) is 10.0 Å². The molecule has 2 rings (SSSR count). The maximum Gasteiger partial charge on any atom is 0.153 e. The summed E-state index contributed by atoms with van der Waals surface area (Å²) in [6.45, 7) is 0. The topological polar surface area (TPSA) is 54.8 Å². The standard InChI is InChI=1S/C10H11Cl2N5/c1-13-9-6(11)5-7(12)10(15-9)14-8-3-4-17(2)16-8/h3-5H,1-2H3,(H2,13,14,15,16). The number of aryl methyl sites for hydroxylation is 1. The van der Waals surface area contributed by atoms with Crippen LogP contribution in [0.5, 0.6) is 0 Å². The maximum atomic E-state index is 6.04. The normalized spacial score (nSPS) is 10.4. The van der Waals surface area contributed by atoms with Gasteiger partial charge in [-0.05, 0) is 6.07 Å². The Labute approximate surface area is 109 Å². The van der Waals surface area contributed by atoms with Crippen molar-refractivity contribution < 1.29 is 0 Å². The molecule has 0 aliphatic rings. The Bertz CT molecular complexity index is 537. The third kappa shape index (κ3) is 2.62. The number of aromatic nitrogens is 3. The Morgan fingerprint density at radius 3 is 2.53 bits per heavy atom. The van der Waals surface area contributed by atoms with Gasteiger partial charge in [0, 0.05) is 26.4 Å². The van der Waals surface area contributed by atoms with Crippen LogP contribution in [0.4, 0.5) is 17.5 Å². The third-order valence-electron chi connectivity index (χ3n) is 2.13. The van der Waals surface area contributed by atoms with E-state index in [1.54, 1.807) is 17.8 Å². The van der Waals surface area contributed by atoms with Gasteiger partial charge in [-0.2, -0.15) is 5.10 Å². The number of pyridine rings is 1. The number of halogens is 2. The summed E-state index contributed by atoms with van der Waals surface area (Å²) in [6.07, 6.45) is 1.82. The van der Waals surface area contributed by atoms with Gasteiger partial charge in [-0.3, -0.25) is 4.68 Å². The van der Waals surface area contributed by atoms with Crippen LogP contribution in [0.1, 0.15) is 0 Å². The zero-order valence-electron chi connectivity index (χ0n) is 9.33. The maximum absolute atomic E-state index is 6.04. The fourth-order valence-electron chi connectivity index (χ4n) is 1.33. The van der Waals surface area contributed by atoms with Gasteiger partial charge in [-0.1, -0.05) is 23.2 Å². The van der Waals surface area contributed by atoms with Gasteiger partial charge in [0.2, 0.25) is 0 Å². The van der Waals surface area contributed by atoms with Gasteiger partial charge in [0.1, 0.15) is 5.82 Å². The summed E-state index contributed by atoms with van der Waals surface area (Å²) in [6, 6.07) is 3.46. The molecule has 2 aromatic heterocycles. The molecule has 90 valence electrons. The Balaban J connectivity index is 2.32. The molecular formula is C10H11Cl2N5. The minimum absolute atomic E-state index is 0.444. The number of anilines is 3. The Kier molecular flexibility index (Phi) is 3.40. The molecule has 0 amide bonds. The highest BCUT2D eigenvalue weighted by atomic mass is 35.5. The molecule has 0 unspecified atom stereocenters. The molecular weight excluding hydrogens is 261 g/mol. The summed E-state index contributed by atoms with van der Waals surface area (Å²) in [5.74, 6) is 1.75. The van der Waals surface area contributed by atoms with Gasteiger partial charge < -0.3 is 10.6 Å². The van der Waals surface area contributed by atoms with Crippen LogP contribution in [0.3, 0.4) is 0 Å². The summed E-state index contributed by atoms with van der Waals surface area (Å²) in [4.78, 5) is 4.26. The number of rotatable bonds is 3. The van der Waals surface area contributed by atoms with Crippen LogP contribution in [-0.2, 0) is 7.05 Å². The highest BCUT2D eigenvalue weighted by Gasteiger charge is 2.09. The first-order valence-corrected chi connectivity index (χ1v) is 5.66. The molecule has 7 heteroatoms. The predicted octanol–water partition coefficient (Wildman–Crippen LogP) is 2.91. The van der Waals surface area contributed by atoms with Crippen molar-refractivity contribution in [3.8, 4) is 0 Å². The lowest BCUT2D eigenvalue weighted by Crippen LogP contribution is -2.00. The van der Waals surface area contributed by atoms with Crippen molar-refractivity contribution in [2.24, 2.45) is 7.05 Å². The van der Waals surface area contributed by atoms with Crippen LogP contribution in [-0.4, -0.2) is 21.8 Å². The molecule has 0 aliphatic carbocycles. The summed E-state index contributed by atoms with van der Waals surface area (Å²) in [7, 11) is 3.58. The lowest BCUT2D eigenvalue weighted by molar-refractivity contribution is 0.771. The van der Waals surface area contributed by atoms with E-state index in [9.17, 15) is 0 Å². The van der Waals surface area contributed by atoms with Crippen LogP contribution in [0, 0.1) is 0 Å². The lowest BCUT2D eigenvalue weighted by Gasteiger charge is -2.08. The molecule has 0 saturated carbocycles. The second kappa shape index (κ2) is 4.81. The predicted molar refractivity (Wildman–Crippen MR) is 70.3 cm³/mol. The molecule has 0 saturated heterocycles. The van der Waals surface area contributed by atoms with Crippen LogP contribution in [0.25, 0.3) is 0 Å². The van der Waals surface area contributed by atoms with E-state index in [2.05, 4.69) is 20.7 Å². The van der Waals surface area contributed by atoms with E-state index in [1.165, 1.54) is 0 Å². The van der Waals surface area contributed by atoms with Crippen LogP contribution in [0.15, 0.2) is 18.3 Å². The summed E-state index contributed by atoms with van der Waals surface area (Å²) in [5, 5.41) is 11.0. The SMILES string of the molecule is CNc1nc(Nc2ccn(C)n2)c(Cl)cc1Cl. The third-order valence-corrected chi connectivity index (χ3v) is 2.70. The van der Waals surface area contributed by atoms with E-state index in [-0.39, 0.29) is 0 Å². The first kappa shape index (κ1) is 12.0. The van der Waals surface area contributed by atoms with Gasteiger partial charge in [0.15, 0.2) is 11.6 Å². The second-order valence-electron chi connectivity index (χ2n) is 3.40. The van der Waals surface area contributed by atoms with Crippen molar-refractivity contribution in [2.75, 3.05) is 17.7 Å². The van der Waals surface area contributed by atoms with E-state index < -0.39 is 0 Å². The van der Waals surface area contributed by atoms with Crippen molar-refractivity contribution in [3.05, 3.63) is 28.4 Å². The zero-order chi connectivity index (χ0) is 12.4. The largest absolute Gasteiger partial charge is 0.372 e. The average molecular weight is 272 g/mol. The molecule has 0 radical (unpaired) electrons. The summed E-state index contributed by atoms with van der Waals surface area (Å²) in [5.41, 5.74) is 0. The first-order chi connectivity index (χ1) is 8.10. The van der Waals surface area contributed by atoms with Gasteiger partial charge in [0.05, 0.1) is 10.0 Å². The van der Waals surface area contributed by atoms with Crippen LogP contribution >= 0.6 is 23.2 Å². The quantitative estimate of drug-likeness (QED) is 0.902. The molecule has 0 spiro atoms. The van der Waals surface area contributed by atoms with Crippen molar-refractivity contribution in [1.82, 2.24) is 14.8 Å². The molecule has 2 heterocycles. The molecule has 0 fully saturated rings. The summed E-state index contributed by atoms with van der Waals surface area (Å²) < 4.78 is 1.69. The van der Waals surface area contributed by atoms with E-state index >= 15 is 0 Å². The summed E-state index contributed by atoms with van der Waals surface area (Å²) >= 11 is 12.0. The van der Waals surface area contributed by atoms with Gasteiger partial charge in [-0.25, -0.2) is 4.98 Å². The van der Waals surface area contributed by atoms with E-state index in [4.69, 9.17) is 23.2 Å². The molecule has 2 N–H and O–H groups in total. The van der Waals surface area contributed by atoms with Gasteiger partial charge in [-0.15, -0.1) is 0 Å². The number of nitrogens with one attached hydrogen (secondary N) is 2. The number of nitrogens with zero attached hydrogens (tertiary/aromatic N) is 3. The lowest BCUT2D eigenvalue weighted by atomic mass is 10.4. The van der Waals surface area contributed by atoms with E-state index in [1.807, 2.05) is 19.3 Å². The smallest absolute Gasteiger partial charge is 0.153 e. The highest BCUT2D eigenvalue weighted by Crippen LogP contribution is 2.30. The second-order valence-corrected chi connectivity index (χ2v) is 4.21. The molecule has 0 bridgehead atoms. The zero-order valence-corrected chi connectivity index (χ0v) is 10.8. The van der Waals surface area contributed by atoms with Gasteiger partial charge in [0.25, 0.3) is 0 Å². The molecule has 0 aliphatic heterocycles. The molecule has 5 nitrogen and oxygen atoms in total. The minimum atomic E-state index is 0.444. The van der Waals surface area contributed by atoms with Crippen LogP contribution < -0.4 is 10.6 Å². The number of hydrogen-bond acceptors (Lipinski definition) is 4. The first-order valence-electron chi connectivity index (χ1n) is 4.90. The Morgan fingerprint density at radius 1 is 1.24 bits per heavy atom. The Hall–Kier alpha value is -1.46. The average Bonchev–Trinajstić information content (AvgIpc) is 2.68. The molecule has 0 atom stereocenters. The van der Waals surface area contributed by atoms with Gasteiger partial charge >= 0.3 is 0 Å².